The van der Waals surface area contributed by atoms with Crippen molar-refractivity contribution in [3.05, 3.63) is 34.4 Å². The van der Waals surface area contributed by atoms with E-state index >= 15 is 0 Å². The molecular weight excluding hydrogens is 363 g/mol. The van der Waals surface area contributed by atoms with Gasteiger partial charge in [-0.2, -0.15) is 0 Å². The Morgan fingerprint density at radius 1 is 1.00 bits per heavy atom. The van der Waals surface area contributed by atoms with Crippen LogP contribution in [0.25, 0.3) is 0 Å². The second kappa shape index (κ2) is 10.9. The highest BCUT2D eigenvalue weighted by molar-refractivity contribution is 6.18. The molecule has 1 aromatic rings. The summed E-state index contributed by atoms with van der Waals surface area (Å²) in [5.74, 6) is -0.850. The van der Waals surface area contributed by atoms with Gasteiger partial charge in [-0.25, -0.2) is 4.90 Å². The zero-order valence-electron chi connectivity index (χ0n) is 12.7. The number of anilines is 1. The lowest BCUT2D eigenvalue weighted by molar-refractivity contribution is -0.384. The van der Waals surface area contributed by atoms with Crippen LogP contribution in [0.15, 0.2) is 24.3 Å². The Hall–Kier alpha value is -1.74. The van der Waals surface area contributed by atoms with Crippen LogP contribution in [0.4, 0.5) is 11.4 Å². The molecule has 0 saturated carbocycles. The van der Waals surface area contributed by atoms with Crippen LogP contribution in [0.5, 0.6) is 0 Å². The van der Waals surface area contributed by atoms with Crippen LogP contribution in [-0.4, -0.2) is 54.9 Å². The van der Waals surface area contributed by atoms with Crippen LogP contribution in [0.2, 0.25) is 0 Å². The van der Waals surface area contributed by atoms with E-state index in [1.807, 2.05) is 0 Å². The molecule has 1 rings (SSSR count). The lowest BCUT2D eigenvalue weighted by atomic mass is 10.2. The SMILES string of the molecule is O=C(COCCCl)N(C(=O)COCCCl)c1ccc([N+](=O)[O-])cc1. The summed E-state index contributed by atoms with van der Waals surface area (Å²) in [5, 5.41) is 10.7. The molecule has 0 fully saturated rings. The first-order valence-electron chi connectivity index (χ1n) is 6.89. The normalized spacial score (nSPS) is 10.4. The number of ether oxygens (including phenoxy) is 2. The van der Waals surface area contributed by atoms with E-state index in [-0.39, 0.29) is 49.6 Å². The number of amides is 2. The zero-order chi connectivity index (χ0) is 17.9. The second-order valence-electron chi connectivity index (χ2n) is 4.38. The van der Waals surface area contributed by atoms with E-state index in [2.05, 4.69) is 0 Å². The predicted molar refractivity (Wildman–Crippen MR) is 88.7 cm³/mol. The van der Waals surface area contributed by atoms with Gasteiger partial charge in [-0.05, 0) is 12.1 Å². The van der Waals surface area contributed by atoms with Gasteiger partial charge in [0.05, 0.1) is 23.8 Å². The molecule has 0 radical (unpaired) electrons. The molecule has 0 unspecified atom stereocenters. The second-order valence-corrected chi connectivity index (χ2v) is 5.14. The molecule has 0 aromatic heterocycles. The Morgan fingerprint density at radius 3 is 1.83 bits per heavy atom. The van der Waals surface area contributed by atoms with Gasteiger partial charge in [-0.1, -0.05) is 0 Å². The third kappa shape index (κ3) is 6.40. The van der Waals surface area contributed by atoms with E-state index in [9.17, 15) is 19.7 Å². The smallest absolute Gasteiger partial charge is 0.269 e. The van der Waals surface area contributed by atoms with Crippen LogP contribution in [0.1, 0.15) is 0 Å². The fraction of sp³-hybridized carbons (Fsp3) is 0.429. The monoisotopic (exact) mass is 378 g/mol. The minimum atomic E-state index is -0.631. The average molecular weight is 379 g/mol. The molecule has 0 saturated heterocycles. The largest absolute Gasteiger partial charge is 0.370 e. The summed E-state index contributed by atoms with van der Waals surface area (Å²) in [7, 11) is 0. The molecule has 8 nitrogen and oxygen atoms in total. The van der Waals surface area contributed by atoms with E-state index in [0.29, 0.717) is 0 Å². The molecule has 1 aromatic carbocycles. The quantitative estimate of drug-likeness (QED) is 0.267. The number of rotatable bonds is 10. The van der Waals surface area contributed by atoms with Gasteiger partial charge >= 0.3 is 0 Å². The third-order valence-corrected chi connectivity index (χ3v) is 3.02. The number of carbonyl (C=O) groups excluding carboxylic acids is 2. The third-order valence-electron chi connectivity index (χ3n) is 2.71. The number of imide groups is 1. The van der Waals surface area contributed by atoms with Crippen LogP contribution < -0.4 is 4.90 Å². The fourth-order valence-electron chi connectivity index (χ4n) is 1.71. The number of nitro benzene ring substituents is 1. The van der Waals surface area contributed by atoms with Crippen molar-refractivity contribution in [3.8, 4) is 0 Å². The summed E-state index contributed by atoms with van der Waals surface area (Å²) in [4.78, 5) is 35.4. The summed E-state index contributed by atoms with van der Waals surface area (Å²) >= 11 is 10.9. The number of hydrogen-bond acceptors (Lipinski definition) is 6. The summed E-state index contributed by atoms with van der Waals surface area (Å²) < 4.78 is 10.1. The van der Waals surface area contributed by atoms with Crippen LogP contribution in [0, 0.1) is 10.1 Å². The van der Waals surface area contributed by atoms with Gasteiger partial charge in [-0.3, -0.25) is 19.7 Å². The molecule has 0 bridgehead atoms. The summed E-state index contributed by atoms with van der Waals surface area (Å²) in [6.45, 7) is -0.410. The van der Waals surface area contributed by atoms with Gasteiger partial charge < -0.3 is 9.47 Å². The molecule has 2 amide bonds. The van der Waals surface area contributed by atoms with Crippen molar-refractivity contribution < 1.29 is 24.0 Å². The average Bonchev–Trinajstić information content (AvgIpc) is 2.56. The predicted octanol–water partition coefficient (Wildman–Crippen LogP) is 1.97. The standard InChI is InChI=1S/C14H16Cl2N2O6/c15-5-7-23-9-13(19)17(14(20)10-24-8-6-16)11-1-3-12(4-2-11)18(21)22/h1-4H,5-10H2. The molecule has 0 aliphatic carbocycles. The van der Waals surface area contributed by atoms with Gasteiger partial charge in [0.15, 0.2) is 0 Å². The van der Waals surface area contributed by atoms with E-state index in [1.165, 1.54) is 24.3 Å². The number of carbonyl (C=O) groups is 2. The van der Waals surface area contributed by atoms with Crippen molar-refractivity contribution >= 4 is 46.4 Å². The van der Waals surface area contributed by atoms with E-state index < -0.39 is 16.7 Å². The van der Waals surface area contributed by atoms with Crippen LogP contribution in [0.3, 0.4) is 0 Å². The Balaban J connectivity index is 2.92. The number of alkyl halides is 2. The van der Waals surface area contributed by atoms with Gasteiger partial charge in [0.1, 0.15) is 13.2 Å². The van der Waals surface area contributed by atoms with Gasteiger partial charge in [-0.15, -0.1) is 23.2 Å². The van der Waals surface area contributed by atoms with Crippen molar-refractivity contribution in [1.29, 1.82) is 0 Å². The first kappa shape index (κ1) is 20.3. The maximum absolute atomic E-state index is 12.2. The molecule has 0 aliphatic rings. The molecule has 0 N–H and O–H groups in total. The highest BCUT2D eigenvalue weighted by Crippen LogP contribution is 2.20. The van der Waals surface area contributed by atoms with Crippen molar-refractivity contribution in [2.45, 2.75) is 0 Å². The number of halogens is 2. The highest BCUT2D eigenvalue weighted by atomic mass is 35.5. The van der Waals surface area contributed by atoms with Gasteiger partial charge in [0.2, 0.25) is 0 Å². The number of benzene rings is 1. The number of hydrogen-bond donors (Lipinski definition) is 0. The van der Waals surface area contributed by atoms with Crippen molar-refractivity contribution in [1.82, 2.24) is 0 Å². The molecule has 132 valence electrons. The Kier molecular flexibility index (Phi) is 9.24. The maximum Gasteiger partial charge on any atom is 0.269 e. The van der Waals surface area contributed by atoms with Gasteiger partial charge in [0.25, 0.3) is 17.5 Å². The topological polar surface area (TPSA) is 99.0 Å². The Bertz CT molecular complexity index is 545. The fourth-order valence-corrected chi connectivity index (χ4v) is 1.93. The lowest BCUT2D eigenvalue weighted by Crippen LogP contribution is -2.41. The van der Waals surface area contributed by atoms with Crippen molar-refractivity contribution in [2.75, 3.05) is 43.1 Å². The van der Waals surface area contributed by atoms with E-state index in [0.717, 1.165) is 4.90 Å². The lowest BCUT2D eigenvalue weighted by Gasteiger charge is -2.20. The summed E-state index contributed by atoms with van der Waals surface area (Å²) in [6.07, 6.45) is 0. The minimum Gasteiger partial charge on any atom is -0.370 e. The zero-order valence-corrected chi connectivity index (χ0v) is 14.2. The number of non-ortho nitro benzene ring substituents is 1. The molecule has 0 spiro atoms. The molecular formula is C14H16Cl2N2O6. The molecule has 10 heteroatoms. The minimum absolute atomic E-state index is 0.151. The summed E-state index contributed by atoms with van der Waals surface area (Å²) in [5.41, 5.74) is 0.0231. The number of nitro groups is 1. The number of nitrogens with zero attached hydrogens (tertiary/aromatic N) is 2. The maximum atomic E-state index is 12.2. The van der Waals surface area contributed by atoms with E-state index in [4.69, 9.17) is 32.7 Å². The highest BCUT2D eigenvalue weighted by Gasteiger charge is 2.24. The van der Waals surface area contributed by atoms with Crippen molar-refractivity contribution in [2.24, 2.45) is 0 Å². The first-order chi connectivity index (χ1) is 11.5. The Morgan fingerprint density at radius 2 is 1.46 bits per heavy atom. The van der Waals surface area contributed by atoms with E-state index in [1.54, 1.807) is 0 Å². The Labute approximate surface area is 148 Å². The molecule has 24 heavy (non-hydrogen) atoms. The van der Waals surface area contributed by atoms with Crippen LogP contribution >= 0.6 is 23.2 Å². The summed E-state index contributed by atoms with van der Waals surface area (Å²) in [6, 6.07) is 5.00. The molecule has 0 aliphatic heterocycles. The molecule has 0 atom stereocenters. The first-order valence-corrected chi connectivity index (χ1v) is 7.95. The van der Waals surface area contributed by atoms with Gasteiger partial charge in [0, 0.05) is 23.9 Å². The van der Waals surface area contributed by atoms with Crippen LogP contribution in [-0.2, 0) is 19.1 Å². The van der Waals surface area contributed by atoms with Crippen molar-refractivity contribution in [3.63, 3.8) is 0 Å². The molecule has 0 heterocycles.